The number of rotatable bonds is 6. The summed E-state index contributed by atoms with van der Waals surface area (Å²) in [5, 5.41) is 2.53. The number of fused-ring (bicyclic) bond motifs is 3. The zero-order chi connectivity index (χ0) is 34.0. The first kappa shape index (κ1) is 31.1. The van der Waals surface area contributed by atoms with Crippen molar-refractivity contribution >= 4 is 33.9 Å². The Morgan fingerprint density at radius 3 is 2.16 bits per heavy atom. The quantitative estimate of drug-likeness (QED) is 0.173. The third-order valence-corrected chi connectivity index (χ3v) is 11.8. The van der Waals surface area contributed by atoms with Crippen LogP contribution in [0.3, 0.4) is 0 Å². The minimum absolute atomic E-state index is 0.00225. The lowest BCUT2D eigenvalue weighted by molar-refractivity contribution is 0.271. The number of anilines is 3. The first-order valence-electron chi connectivity index (χ1n) is 18.8. The Morgan fingerprint density at radius 2 is 1.34 bits per heavy atom. The normalized spacial score (nSPS) is 18.2. The van der Waals surface area contributed by atoms with Crippen LogP contribution in [0.4, 0.5) is 17.1 Å². The minimum atomic E-state index is -0.00225. The van der Waals surface area contributed by atoms with Crippen LogP contribution in [0.5, 0.6) is 0 Å². The number of nitrogens with zero attached hydrogens (tertiary/aromatic N) is 1. The van der Waals surface area contributed by atoms with Crippen LogP contribution in [0.1, 0.15) is 82.4 Å². The second kappa shape index (κ2) is 12.2. The molecule has 248 valence electrons. The molecular formula is C49H47N. The van der Waals surface area contributed by atoms with E-state index in [1.807, 2.05) is 0 Å². The summed E-state index contributed by atoms with van der Waals surface area (Å²) >= 11 is 0. The van der Waals surface area contributed by atoms with Gasteiger partial charge in [0.15, 0.2) is 0 Å². The van der Waals surface area contributed by atoms with Crippen LogP contribution < -0.4 is 4.90 Å². The molecule has 1 nitrogen and oxygen atoms in total. The SMILES string of the molecule is CC1C=Cc2cccc(-c3cc4cc-4c3N(c3cc(C(C)(C)C)ccc3-c3ccccc3)c3cccc4ccccc34)c2C1C1CCCCC1. The maximum atomic E-state index is 2.63. The van der Waals surface area contributed by atoms with Crippen molar-refractivity contribution in [2.75, 3.05) is 4.90 Å². The standard InChI is InChI=1S/C49H47N/c1-32-25-26-36-21-13-23-41(47(36)46(32)35-18-9-6-10-19-35)43-30-37-29-42(37)48(43)50(44-24-14-20-34-17-11-12-22-39(34)44)45-31-38(49(2,3)4)27-28-40(45)33-15-7-5-8-16-33/h5,7-8,11-17,20-32,35,46H,6,9-10,18-19H2,1-4H3. The summed E-state index contributed by atoms with van der Waals surface area (Å²) < 4.78 is 0. The molecule has 1 fully saturated rings. The van der Waals surface area contributed by atoms with Crippen LogP contribution in [-0.2, 0) is 5.41 Å². The van der Waals surface area contributed by atoms with Gasteiger partial charge in [-0.25, -0.2) is 0 Å². The van der Waals surface area contributed by atoms with E-state index in [1.165, 1.54) is 104 Å². The van der Waals surface area contributed by atoms with Crippen LogP contribution in [0.2, 0.25) is 0 Å². The van der Waals surface area contributed by atoms with E-state index in [0.29, 0.717) is 11.8 Å². The highest BCUT2D eigenvalue weighted by molar-refractivity contribution is 6.12. The third-order valence-electron chi connectivity index (χ3n) is 11.8. The Morgan fingerprint density at radius 1 is 0.600 bits per heavy atom. The molecule has 0 saturated heterocycles. The largest absolute Gasteiger partial charge is 0.308 e. The van der Waals surface area contributed by atoms with Crippen molar-refractivity contribution in [1.82, 2.24) is 0 Å². The molecule has 0 aliphatic heterocycles. The van der Waals surface area contributed by atoms with Crippen molar-refractivity contribution in [3.8, 4) is 33.4 Å². The van der Waals surface area contributed by atoms with Gasteiger partial charge in [0.2, 0.25) is 0 Å². The molecule has 0 heterocycles. The molecule has 0 N–H and O–H groups in total. The van der Waals surface area contributed by atoms with E-state index in [-0.39, 0.29) is 5.41 Å². The summed E-state index contributed by atoms with van der Waals surface area (Å²) in [6, 6.07) is 45.9. The van der Waals surface area contributed by atoms with Gasteiger partial charge in [-0.05, 0) is 99.0 Å². The zero-order valence-corrected chi connectivity index (χ0v) is 29.9. The van der Waals surface area contributed by atoms with Gasteiger partial charge in [0.05, 0.1) is 17.1 Å². The predicted molar refractivity (Wildman–Crippen MR) is 215 cm³/mol. The van der Waals surface area contributed by atoms with Gasteiger partial charge in [0.1, 0.15) is 0 Å². The molecule has 0 amide bonds. The monoisotopic (exact) mass is 649 g/mol. The Balaban J connectivity index is 1.34. The average molecular weight is 650 g/mol. The smallest absolute Gasteiger partial charge is 0.0619 e. The Kier molecular flexibility index (Phi) is 7.57. The van der Waals surface area contributed by atoms with E-state index in [9.17, 15) is 0 Å². The van der Waals surface area contributed by atoms with Gasteiger partial charge in [-0.3, -0.25) is 0 Å². The van der Waals surface area contributed by atoms with Gasteiger partial charge in [0.25, 0.3) is 0 Å². The lowest BCUT2D eigenvalue weighted by atomic mass is 9.67. The zero-order valence-electron chi connectivity index (χ0n) is 29.9. The van der Waals surface area contributed by atoms with E-state index in [0.717, 1.165) is 5.92 Å². The first-order chi connectivity index (χ1) is 24.4. The fourth-order valence-electron chi connectivity index (χ4n) is 9.21. The highest BCUT2D eigenvalue weighted by Gasteiger charge is 2.37. The number of hydrogen-bond acceptors (Lipinski definition) is 1. The average Bonchev–Trinajstić information content (AvgIpc) is 3.82. The lowest BCUT2D eigenvalue weighted by Crippen LogP contribution is -2.24. The topological polar surface area (TPSA) is 3.24 Å². The van der Waals surface area contributed by atoms with Crippen molar-refractivity contribution in [2.45, 2.75) is 71.1 Å². The molecule has 9 rings (SSSR count). The fraction of sp³-hybridized carbons (Fsp3) is 0.265. The second-order valence-corrected chi connectivity index (χ2v) is 16.1. The van der Waals surface area contributed by atoms with Crippen LogP contribution in [0.25, 0.3) is 50.2 Å². The Hall–Kier alpha value is -4.88. The summed E-state index contributed by atoms with van der Waals surface area (Å²) in [4.78, 5) is 2.63. The number of benzene rings is 6. The molecule has 4 aliphatic rings. The van der Waals surface area contributed by atoms with Crippen molar-refractivity contribution in [2.24, 2.45) is 11.8 Å². The molecule has 1 heteroatoms. The highest BCUT2D eigenvalue weighted by Crippen LogP contribution is 2.59. The maximum absolute atomic E-state index is 2.63. The Labute approximate surface area is 298 Å². The first-order valence-corrected chi connectivity index (χ1v) is 18.8. The van der Waals surface area contributed by atoms with Crippen LogP contribution in [-0.4, -0.2) is 0 Å². The molecule has 0 spiro atoms. The molecule has 2 unspecified atom stereocenters. The lowest BCUT2D eigenvalue weighted by Gasteiger charge is -2.38. The molecule has 5 aromatic rings. The van der Waals surface area contributed by atoms with Gasteiger partial charge in [-0.15, -0.1) is 0 Å². The maximum Gasteiger partial charge on any atom is 0.0619 e. The molecule has 5 aromatic carbocycles. The van der Waals surface area contributed by atoms with E-state index in [4.69, 9.17) is 0 Å². The molecule has 1 saturated carbocycles. The number of hydrogen-bond donors (Lipinski definition) is 0. The van der Waals surface area contributed by atoms with E-state index in [2.05, 4.69) is 166 Å². The number of allylic oxidation sites excluding steroid dienone is 1. The van der Waals surface area contributed by atoms with Crippen molar-refractivity contribution in [3.63, 3.8) is 0 Å². The van der Waals surface area contributed by atoms with Crippen molar-refractivity contribution in [3.05, 3.63) is 144 Å². The van der Waals surface area contributed by atoms with E-state index in [1.54, 1.807) is 5.56 Å². The molecule has 50 heavy (non-hydrogen) atoms. The van der Waals surface area contributed by atoms with Crippen LogP contribution in [0.15, 0.2) is 127 Å². The van der Waals surface area contributed by atoms with Crippen LogP contribution >= 0.6 is 0 Å². The van der Waals surface area contributed by atoms with Gasteiger partial charge in [-0.2, -0.15) is 0 Å². The highest BCUT2D eigenvalue weighted by atomic mass is 15.2. The molecule has 0 aromatic heterocycles. The molecule has 2 atom stereocenters. The Bertz CT molecular complexity index is 2250. The molecule has 4 aliphatic carbocycles. The predicted octanol–water partition coefficient (Wildman–Crippen LogP) is 14.2. The van der Waals surface area contributed by atoms with E-state index >= 15 is 0 Å². The molecule has 0 radical (unpaired) electrons. The molecule has 0 bridgehead atoms. The van der Waals surface area contributed by atoms with Gasteiger partial charge >= 0.3 is 0 Å². The van der Waals surface area contributed by atoms with Gasteiger partial charge in [-0.1, -0.05) is 156 Å². The van der Waals surface area contributed by atoms with Gasteiger partial charge in [0, 0.05) is 22.1 Å². The summed E-state index contributed by atoms with van der Waals surface area (Å²) in [7, 11) is 0. The summed E-state index contributed by atoms with van der Waals surface area (Å²) in [6.07, 6.45) is 11.7. The summed E-state index contributed by atoms with van der Waals surface area (Å²) in [5.74, 6) is 1.80. The summed E-state index contributed by atoms with van der Waals surface area (Å²) in [5.41, 5.74) is 16.1. The molecular weight excluding hydrogens is 603 g/mol. The second-order valence-electron chi connectivity index (χ2n) is 16.1. The van der Waals surface area contributed by atoms with Crippen molar-refractivity contribution < 1.29 is 0 Å². The third kappa shape index (κ3) is 5.30. The minimum Gasteiger partial charge on any atom is -0.308 e. The summed E-state index contributed by atoms with van der Waals surface area (Å²) in [6.45, 7) is 9.45. The fourth-order valence-corrected chi connectivity index (χ4v) is 9.21. The van der Waals surface area contributed by atoms with E-state index < -0.39 is 0 Å². The van der Waals surface area contributed by atoms with Crippen molar-refractivity contribution in [1.29, 1.82) is 0 Å². The van der Waals surface area contributed by atoms with Gasteiger partial charge < -0.3 is 4.90 Å². The van der Waals surface area contributed by atoms with Crippen LogP contribution in [0, 0.1) is 11.8 Å².